The van der Waals surface area contributed by atoms with Crippen molar-refractivity contribution in [1.29, 1.82) is 0 Å². The predicted octanol–water partition coefficient (Wildman–Crippen LogP) is 2.48. The smallest absolute Gasteiger partial charge is 0.256 e. The lowest BCUT2D eigenvalue weighted by Gasteiger charge is -2.08. The Morgan fingerprint density at radius 2 is 1.88 bits per heavy atom. The number of aromatic amines is 1. The van der Waals surface area contributed by atoms with Gasteiger partial charge >= 0.3 is 0 Å². The van der Waals surface area contributed by atoms with E-state index < -0.39 is 0 Å². The lowest BCUT2D eigenvalue weighted by molar-refractivity contribution is 0.102. The zero-order valence-electron chi connectivity index (χ0n) is 13.0. The number of anilines is 1. The van der Waals surface area contributed by atoms with Gasteiger partial charge in [0.2, 0.25) is 5.95 Å². The second kappa shape index (κ2) is 6.29. The van der Waals surface area contributed by atoms with Gasteiger partial charge in [-0.2, -0.15) is 9.78 Å². The number of H-pyrrole nitrogens is 1. The quantitative estimate of drug-likeness (QED) is 0.764. The maximum atomic E-state index is 12.4. The van der Waals surface area contributed by atoms with E-state index in [1.807, 2.05) is 0 Å². The first-order valence-electron chi connectivity index (χ1n) is 7.14. The van der Waals surface area contributed by atoms with Crippen LogP contribution in [0.15, 0.2) is 41.2 Å². The molecular formula is C16H14ClN5O2. The van der Waals surface area contributed by atoms with E-state index in [-0.39, 0.29) is 17.4 Å². The first-order chi connectivity index (χ1) is 11.4. The molecule has 1 aromatic carbocycles. The average molecular weight is 344 g/mol. The van der Waals surface area contributed by atoms with Gasteiger partial charge in [-0.15, -0.1) is 0 Å². The number of hydrogen-bond donors (Lipinski definition) is 2. The van der Waals surface area contributed by atoms with Crippen molar-refractivity contribution in [1.82, 2.24) is 19.7 Å². The Balaban J connectivity index is 1.96. The van der Waals surface area contributed by atoms with Gasteiger partial charge in [-0.25, -0.2) is 4.98 Å². The van der Waals surface area contributed by atoms with Crippen molar-refractivity contribution >= 4 is 23.3 Å². The minimum Gasteiger partial charge on any atom is -0.306 e. The number of halogens is 1. The van der Waals surface area contributed by atoms with Crippen LogP contribution in [-0.2, 0) is 0 Å². The van der Waals surface area contributed by atoms with Gasteiger partial charge in [-0.3, -0.25) is 14.6 Å². The number of rotatable bonds is 3. The van der Waals surface area contributed by atoms with Crippen molar-refractivity contribution in [3.63, 3.8) is 0 Å². The van der Waals surface area contributed by atoms with E-state index in [0.29, 0.717) is 27.8 Å². The highest BCUT2D eigenvalue weighted by Crippen LogP contribution is 2.16. The van der Waals surface area contributed by atoms with E-state index in [2.05, 4.69) is 20.4 Å². The Hall–Kier alpha value is -2.93. The van der Waals surface area contributed by atoms with E-state index in [0.717, 1.165) is 0 Å². The molecular weight excluding hydrogens is 330 g/mol. The second-order valence-electron chi connectivity index (χ2n) is 5.25. The lowest BCUT2D eigenvalue weighted by Crippen LogP contribution is -2.18. The summed E-state index contributed by atoms with van der Waals surface area (Å²) in [5.74, 6) is 0.323. The van der Waals surface area contributed by atoms with E-state index in [9.17, 15) is 9.59 Å². The second-order valence-corrected chi connectivity index (χ2v) is 5.69. The fourth-order valence-electron chi connectivity index (χ4n) is 2.20. The van der Waals surface area contributed by atoms with Crippen molar-refractivity contribution in [2.24, 2.45) is 0 Å². The molecule has 0 unspecified atom stereocenters. The molecule has 2 N–H and O–H groups in total. The van der Waals surface area contributed by atoms with Gasteiger partial charge in [0.1, 0.15) is 5.82 Å². The molecule has 7 nitrogen and oxygen atoms in total. The monoisotopic (exact) mass is 343 g/mol. The Bertz CT molecular complexity index is 959. The first-order valence-corrected chi connectivity index (χ1v) is 7.52. The van der Waals surface area contributed by atoms with Crippen LogP contribution in [0.3, 0.4) is 0 Å². The fourth-order valence-corrected chi connectivity index (χ4v) is 2.33. The Morgan fingerprint density at radius 1 is 1.17 bits per heavy atom. The van der Waals surface area contributed by atoms with Gasteiger partial charge in [-0.05, 0) is 38.1 Å². The third-order valence-corrected chi connectivity index (χ3v) is 3.49. The molecule has 0 atom stereocenters. The number of amides is 1. The van der Waals surface area contributed by atoms with Gasteiger partial charge in [0.05, 0.1) is 5.69 Å². The zero-order chi connectivity index (χ0) is 17.3. The number of benzene rings is 1. The number of nitrogens with one attached hydrogen (secondary N) is 2. The van der Waals surface area contributed by atoms with Crippen molar-refractivity contribution < 1.29 is 4.79 Å². The van der Waals surface area contributed by atoms with Crippen LogP contribution in [-0.4, -0.2) is 25.7 Å². The molecule has 0 aliphatic carbocycles. The normalized spacial score (nSPS) is 10.6. The molecule has 3 aromatic rings. The van der Waals surface area contributed by atoms with Crippen LogP contribution >= 0.6 is 11.6 Å². The summed E-state index contributed by atoms with van der Waals surface area (Å²) in [6, 6.07) is 9.59. The van der Waals surface area contributed by atoms with E-state index in [1.54, 1.807) is 44.2 Å². The van der Waals surface area contributed by atoms with Crippen LogP contribution in [0, 0.1) is 13.8 Å². The molecule has 0 aliphatic rings. The summed E-state index contributed by atoms with van der Waals surface area (Å²) >= 11 is 5.83. The van der Waals surface area contributed by atoms with E-state index >= 15 is 0 Å². The largest absolute Gasteiger partial charge is 0.306 e. The topological polar surface area (TPSA) is 92.7 Å². The summed E-state index contributed by atoms with van der Waals surface area (Å²) in [7, 11) is 0. The van der Waals surface area contributed by atoms with Crippen LogP contribution < -0.4 is 10.9 Å². The van der Waals surface area contributed by atoms with Crippen LogP contribution in [0.25, 0.3) is 5.95 Å². The number of nitrogens with zero attached hydrogens (tertiary/aromatic N) is 3. The number of aryl methyl sites for hydroxylation is 2. The van der Waals surface area contributed by atoms with Gasteiger partial charge in [0, 0.05) is 28.4 Å². The molecule has 0 saturated carbocycles. The Labute approximate surface area is 142 Å². The summed E-state index contributed by atoms with van der Waals surface area (Å²) in [6.07, 6.45) is 0. The number of carbonyl (C=O) groups excluding carboxylic acids is 1. The number of hydrogen-bond acceptors (Lipinski definition) is 4. The molecule has 3 rings (SSSR count). The highest BCUT2D eigenvalue weighted by Gasteiger charge is 2.14. The summed E-state index contributed by atoms with van der Waals surface area (Å²) in [5.41, 5.74) is 1.39. The van der Waals surface area contributed by atoms with Crippen LogP contribution in [0.5, 0.6) is 0 Å². The molecule has 2 aromatic heterocycles. The minimum absolute atomic E-state index is 0.236. The van der Waals surface area contributed by atoms with Gasteiger partial charge in [0.15, 0.2) is 0 Å². The first kappa shape index (κ1) is 15.9. The molecule has 0 aliphatic heterocycles. The van der Waals surface area contributed by atoms with Crippen LogP contribution in [0.4, 0.5) is 5.82 Å². The maximum absolute atomic E-state index is 12.4. The summed E-state index contributed by atoms with van der Waals surface area (Å²) in [5, 5.41) is 7.58. The molecule has 2 heterocycles. The summed E-state index contributed by atoms with van der Waals surface area (Å²) < 4.78 is 1.39. The third kappa shape index (κ3) is 3.36. The highest BCUT2D eigenvalue weighted by molar-refractivity contribution is 6.30. The Kier molecular flexibility index (Phi) is 4.18. The van der Waals surface area contributed by atoms with Crippen LogP contribution in [0.2, 0.25) is 5.02 Å². The molecule has 1 amide bonds. The molecule has 0 fully saturated rings. The fraction of sp³-hybridized carbons (Fsp3) is 0.125. The lowest BCUT2D eigenvalue weighted by atomic mass is 10.2. The van der Waals surface area contributed by atoms with Gasteiger partial charge < -0.3 is 5.32 Å². The van der Waals surface area contributed by atoms with Gasteiger partial charge in [0.25, 0.3) is 11.5 Å². The molecule has 0 saturated heterocycles. The van der Waals surface area contributed by atoms with E-state index in [1.165, 1.54) is 10.7 Å². The zero-order valence-corrected chi connectivity index (χ0v) is 13.8. The summed E-state index contributed by atoms with van der Waals surface area (Å²) in [6.45, 7) is 3.49. The standard InChI is InChI=1S/C16H14ClN5O2/c1-9-8-14(23)20-16(18-9)22-13(7-10(2)21-22)19-15(24)11-3-5-12(17)6-4-11/h3-8H,1-2H3,(H,19,24)(H,18,20,23). The van der Waals surface area contributed by atoms with Crippen molar-refractivity contribution in [2.75, 3.05) is 5.32 Å². The molecule has 8 heteroatoms. The van der Waals surface area contributed by atoms with Gasteiger partial charge in [-0.1, -0.05) is 11.6 Å². The van der Waals surface area contributed by atoms with E-state index in [4.69, 9.17) is 11.6 Å². The average Bonchev–Trinajstić information content (AvgIpc) is 2.87. The van der Waals surface area contributed by atoms with Crippen molar-refractivity contribution in [2.45, 2.75) is 13.8 Å². The maximum Gasteiger partial charge on any atom is 0.256 e. The highest BCUT2D eigenvalue weighted by atomic mass is 35.5. The van der Waals surface area contributed by atoms with Crippen molar-refractivity contribution in [3.8, 4) is 5.95 Å². The molecule has 122 valence electrons. The van der Waals surface area contributed by atoms with Crippen molar-refractivity contribution in [3.05, 3.63) is 68.7 Å². The SMILES string of the molecule is Cc1cc(=O)[nH]c(-n2nc(C)cc2NC(=O)c2ccc(Cl)cc2)n1. The minimum atomic E-state index is -0.317. The predicted molar refractivity (Wildman–Crippen MR) is 90.9 cm³/mol. The number of carbonyl (C=O) groups is 1. The summed E-state index contributed by atoms with van der Waals surface area (Å²) in [4.78, 5) is 30.9. The molecule has 0 spiro atoms. The number of aromatic nitrogens is 4. The Morgan fingerprint density at radius 3 is 2.54 bits per heavy atom. The van der Waals surface area contributed by atoms with Crippen LogP contribution in [0.1, 0.15) is 21.7 Å². The molecule has 0 bridgehead atoms. The molecule has 24 heavy (non-hydrogen) atoms. The third-order valence-electron chi connectivity index (χ3n) is 3.24. The molecule has 0 radical (unpaired) electrons.